The highest BCUT2D eigenvalue weighted by molar-refractivity contribution is 4.70. The number of rotatable bonds is 6. The second-order valence-corrected chi connectivity index (χ2v) is 2.63. The van der Waals surface area contributed by atoms with Gasteiger partial charge in [-0.15, -0.1) is 9.89 Å². The molecule has 0 amide bonds. The Kier molecular flexibility index (Phi) is 3.06. The van der Waals surface area contributed by atoms with Crippen molar-refractivity contribution in [1.29, 1.82) is 0 Å². The van der Waals surface area contributed by atoms with Crippen molar-refractivity contribution in [3.05, 3.63) is 36.7 Å². The maximum absolute atomic E-state index is 10.5. The van der Waals surface area contributed by atoms with Gasteiger partial charge in [-0.3, -0.25) is 35.8 Å². The van der Waals surface area contributed by atoms with Gasteiger partial charge in [0.15, 0.2) is 21.1 Å². The van der Waals surface area contributed by atoms with Crippen molar-refractivity contribution in [1.82, 2.24) is 20.3 Å². The Morgan fingerprint density at radius 1 is 1.18 bits per heavy atom. The van der Waals surface area contributed by atoms with Gasteiger partial charge in [0.25, 0.3) is 6.54 Å². The molecule has 0 aromatic carbocycles. The van der Waals surface area contributed by atoms with E-state index in [0.29, 0.717) is 4.79 Å². The summed E-state index contributed by atoms with van der Waals surface area (Å²) in [5.41, 5.74) is 1.97. The van der Waals surface area contributed by atoms with Gasteiger partial charge in [-0.25, -0.2) is 0 Å². The first-order valence-electron chi connectivity index (χ1n) is 3.81. The highest BCUT2D eigenvalue weighted by Gasteiger charge is 2.70. The van der Waals surface area contributed by atoms with Crippen LogP contribution in [0.25, 0.3) is 0 Å². The van der Waals surface area contributed by atoms with Crippen LogP contribution in [-0.4, -0.2) is 47.4 Å². The quantitative estimate of drug-likeness (QED) is 0.325. The van der Waals surface area contributed by atoms with Crippen LogP contribution in [-0.2, 0) is 0 Å². The minimum absolute atomic E-state index is 0.672. The molecule has 14 nitrogen and oxygen atoms in total. The predicted molar refractivity (Wildman–Crippen MR) is 45.8 cm³/mol. The average molecular weight is 248 g/mol. The van der Waals surface area contributed by atoms with Gasteiger partial charge in [0.2, 0.25) is 0 Å². The normalized spacial score (nSPS) is 10.8. The van der Waals surface area contributed by atoms with Gasteiger partial charge in [0.1, 0.15) is 0 Å². The average Bonchev–Trinajstić information content (AvgIpc) is 2.69. The summed E-state index contributed by atoms with van der Waals surface area (Å²) >= 11 is 0. The third-order valence-corrected chi connectivity index (χ3v) is 1.70. The highest BCUT2D eigenvalue weighted by Crippen LogP contribution is 2.11. The molecular weight excluding hydrogens is 244 g/mol. The van der Waals surface area contributed by atoms with E-state index in [4.69, 9.17) is 0 Å². The third kappa shape index (κ3) is 2.03. The van der Waals surface area contributed by atoms with Crippen molar-refractivity contribution < 1.29 is 14.8 Å². The van der Waals surface area contributed by atoms with Crippen molar-refractivity contribution in [2.24, 2.45) is 0 Å². The van der Waals surface area contributed by atoms with E-state index in [-0.39, 0.29) is 0 Å². The molecule has 0 bridgehead atoms. The fourth-order valence-corrected chi connectivity index (χ4v) is 0.814. The smallest absolute Gasteiger partial charge is 0.285 e. The predicted octanol–water partition coefficient (Wildman–Crippen LogP) is -2.30. The Balaban J connectivity index is 2.95. The molecule has 1 N–H and O–H groups in total. The lowest BCUT2D eigenvalue weighted by Crippen LogP contribution is -2.58. The minimum Gasteiger partial charge on any atom is -0.285 e. The lowest BCUT2D eigenvalue weighted by molar-refractivity contribution is -0.965. The molecule has 1 rings (SSSR count). The molecular formula is C3H4N8O6. The summed E-state index contributed by atoms with van der Waals surface area (Å²) in [6.07, 6.45) is 0.921. The van der Waals surface area contributed by atoms with E-state index in [0.717, 1.165) is 6.33 Å². The summed E-state index contributed by atoms with van der Waals surface area (Å²) in [5.74, 6) is -3.59. The number of aromatic nitrogens is 4. The molecule has 0 aliphatic heterocycles. The molecule has 0 unspecified atom stereocenters. The third-order valence-electron chi connectivity index (χ3n) is 1.70. The first-order valence-corrected chi connectivity index (χ1v) is 3.81. The van der Waals surface area contributed by atoms with Gasteiger partial charge in [-0.2, -0.15) is 0 Å². The molecule has 92 valence electrons. The lowest BCUT2D eigenvalue weighted by Gasteiger charge is -2.09. The van der Waals surface area contributed by atoms with Crippen LogP contribution in [0.3, 0.4) is 0 Å². The van der Waals surface area contributed by atoms with Gasteiger partial charge in [0, 0.05) is 0 Å². The van der Waals surface area contributed by atoms with E-state index < -0.39 is 27.1 Å². The second-order valence-electron chi connectivity index (χ2n) is 2.63. The summed E-state index contributed by atoms with van der Waals surface area (Å²) in [6, 6.07) is 0. The van der Waals surface area contributed by atoms with E-state index in [2.05, 4.69) is 15.5 Å². The Labute approximate surface area is 90.6 Å². The highest BCUT2D eigenvalue weighted by atomic mass is 16.7. The van der Waals surface area contributed by atoms with E-state index in [1.807, 2.05) is 5.43 Å². The number of nitro groups is 3. The zero-order valence-electron chi connectivity index (χ0n) is 7.86. The number of nitrogens with zero attached hydrogens (tertiary/aromatic N) is 7. The molecule has 1 heterocycles. The van der Waals surface area contributed by atoms with Gasteiger partial charge in [-0.05, 0) is 10.4 Å². The number of hydrogen-bond acceptors (Lipinski definition) is 10. The Hall–Kier alpha value is -2.93. The SMILES string of the molecule is O=[N+]([O-])C(CNn1cnnn1)([N+](=O)[O-])[N+](=O)[O-]. The van der Waals surface area contributed by atoms with Gasteiger partial charge in [-0.1, -0.05) is 0 Å². The van der Waals surface area contributed by atoms with Crippen molar-refractivity contribution in [3.8, 4) is 0 Å². The number of tetrazole rings is 1. The fourth-order valence-electron chi connectivity index (χ4n) is 0.814. The lowest BCUT2D eigenvalue weighted by atomic mass is 10.4. The zero-order valence-corrected chi connectivity index (χ0v) is 7.86. The second kappa shape index (κ2) is 4.29. The molecule has 0 fully saturated rings. The van der Waals surface area contributed by atoms with Crippen molar-refractivity contribution >= 4 is 0 Å². The topological polar surface area (TPSA) is 185 Å². The summed E-state index contributed by atoms with van der Waals surface area (Å²) in [7, 11) is 0. The molecule has 1 aromatic rings. The van der Waals surface area contributed by atoms with Crippen LogP contribution in [0.5, 0.6) is 0 Å². The molecule has 1 aromatic heterocycles. The fraction of sp³-hybridized carbons (Fsp3) is 0.667. The Bertz CT molecular complexity index is 404. The molecule has 0 radical (unpaired) electrons. The summed E-state index contributed by atoms with van der Waals surface area (Å²) in [5, 5.41) is 40.9. The molecule has 17 heavy (non-hydrogen) atoms. The van der Waals surface area contributed by atoms with Crippen LogP contribution in [0, 0.1) is 30.3 Å². The molecule has 0 spiro atoms. The van der Waals surface area contributed by atoms with Gasteiger partial charge in [0.05, 0.1) is 0 Å². The summed E-state index contributed by atoms with van der Waals surface area (Å²) < 4.78 is 0. The van der Waals surface area contributed by atoms with Crippen LogP contribution in [0.2, 0.25) is 0 Å². The first kappa shape index (κ1) is 12.1. The van der Waals surface area contributed by atoms with Crippen LogP contribution < -0.4 is 5.43 Å². The number of nitrogens with one attached hydrogen (secondary N) is 1. The summed E-state index contributed by atoms with van der Waals surface area (Å²) in [6.45, 7) is -1.22. The van der Waals surface area contributed by atoms with Gasteiger partial charge < -0.3 is 0 Å². The Morgan fingerprint density at radius 2 is 1.71 bits per heavy atom. The summed E-state index contributed by atoms with van der Waals surface area (Å²) in [4.78, 5) is 27.3. The first-order chi connectivity index (χ1) is 7.91. The maximum Gasteiger partial charge on any atom is 0.718 e. The van der Waals surface area contributed by atoms with Crippen LogP contribution in [0.1, 0.15) is 0 Å². The Morgan fingerprint density at radius 3 is 2.06 bits per heavy atom. The number of hydrogen-bond donors (Lipinski definition) is 1. The molecule has 0 atom stereocenters. The minimum atomic E-state index is -3.59. The molecule has 0 aliphatic carbocycles. The molecule has 0 saturated carbocycles. The molecule has 0 aliphatic rings. The molecule has 0 saturated heterocycles. The van der Waals surface area contributed by atoms with Gasteiger partial charge >= 0.3 is 5.79 Å². The van der Waals surface area contributed by atoms with Crippen molar-refractivity contribution in [3.63, 3.8) is 0 Å². The van der Waals surface area contributed by atoms with Crippen molar-refractivity contribution in [2.75, 3.05) is 12.0 Å². The standard InChI is InChI=1S/C3H4N8O6/c12-9(13)3(10(14)15,11(16)17)1-5-8-2-4-6-7-8/h2,5H,1H2. The molecule has 14 heteroatoms. The van der Waals surface area contributed by atoms with E-state index in [9.17, 15) is 30.3 Å². The van der Waals surface area contributed by atoms with Crippen molar-refractivity contribution in [2.45, 2.75) is 5.79 Å². The maximum atomic E-state index is 10.5. The van der Waals surface area contributed by atoms with E-state index in [1.165, 1.54) is 0 Å². The van der Waals surface area contributed by atoms with Crippen LogP contribution in [0.4, 0.5) is 0 Å². The largest absolute Gasteiger partial charge is 0.718 e. The van der Waals surface area contributed by atoms with E-state index in [1.54, 1.807) is 0 Å². The monoisotopic (exact) mass is 248 g/mol. The van der Waals surface area contributed by atoms with E-state index >= 15 is 0 Å². The van der Waals surface area contributed by atoms with Crippen LogP contribution in [0.15, 0.2) is 6.33 Å². The van der Waals surface area contributed by atoms with Crippen LogP contribution >= 0.6 is 0 Å². The zero-order chi connectivity index (χ0) is 13.1.